The normalized spacial score (nSPS) is 14.6. The summed E-state index contributed by atoms with van der Waals surface area (Å²) in [5.41, 5.74) is 0. The molecule has 0 saturated carbocycles. The Balaban J connectivity index is 5.10. The van der Waals surface area contributed by atoms with Crippen molar-refractivity contribution in [2.45, 2.75) is 75.6 Å². The molecular formula is C15H22F8O. The molecule has 1 nitrogen and oxygen atoms in total. The summed E-state index contributed by atoms with van der Waals surface area (Å²) in [5, 5.41) is 8.45. The first kappa shape index (κ1) is 23.1. The quantitative estimate of drug-likeness (QED) is 0.260. The van der Waals surface area contributed by atoms with Crippen molar-refractivity contribution in [1.29, 1.82) is 0 Å². The van der Waals surface area contributed by atoms with Crippen molar-refractivity contribution in [3.05, 3.63) is 12.2 Å². The Morgan fingerprint density at radius 1 is 0.708 bits per heavy atom. The SMILES string of the molecule is C/C=C/CCCC(F)(F)C(F)(F)C(F)(F)C(F)(F)CCCCCO. The average molecular weight is 370 g/mol. The minimum atomic E-state index is -6.18. The van der Waals surface area contributed by atoms with Crippen LogP contribution in [0.3, 0.4) is 0 Å². The van der Waals surface area contributed by atoms with Gasteiger partial charge in [-0.15, -0.1) is 0 Å². The van der Waals surface area contributed by atoms with E-state index in [0.717, 1.165) is 0 Å². The molecule has 0 bridgehead atoms. The second-order valence-corrected chi connectivity index (χ2v) is 5.55. The van der Waals surface area contributed by atoms with Crippen LogP contribution in [0.1, 0.15) is 51.9 Å². The van der Waals surface area contributed by atoms with Gasteiger partial charge in [-0.1, -0.05) is 18.6 Å². The van der Waals surface area contributed by atoms with E-state index in [1.807, 2.05) is 0 Å². The molecule has 0 aromatic heterocycles. The van der Waals surface area contributed by atoms with Crippen LogP contribution in [0.15, 0.2) is 12.2 Å². The predicted molar refractivity (Wildman–Crippen MR) is 74.0 cm³/mol. The van der Waals surface area contributed by atoms with Gasteiger partial charge >= 0.3 is 23.7 Å². The Kier molecular flexibility index (Phi) is 8.69. The fraction of sp³-hybridized carbons (Fsp3) is 0.867. The van der Waals surface area contributed by atoms with Crippen molar-refractivity contribution in [3.8, 4) is 0 Å². The molecule has 0 aliphatic carbocycles. The van der Waals surface area contributed by atoms with Gasteiger partial charge in [0.15, 0.2) is 0 Å². The van der Waals surface area contributed by atoms with Gasteiger partial charge < -0.3 is 5.11 Å². The molecule has 0 amide bonds. The van der Waals surface area contributed by atoms with E-state index < -0.39 is 49.4 Å². The Labute approximate surface area is 135 Å². The molecule has 0 saturated heterocycles. The summed E-state index contributed by atoms with van der Waals surface area (Å²) in [7, 11) is 0. The van der Waals surface area contributed by atoms with E-state index in [1.165, 1.54) is 12.2 Å². The van der Waals surface area contributed by atoms with Crippen LogP contribution in [-0.2, 0) is 0 Å². The molecule has 0 aliphatic heterocycles. The van der Waals surface area contributed by atoms with E-state index in [4.69, 9.17) is 5.11 Å². The predicted octanol–water partition coefficient (Wildman–Crippen LogP) is 5.83. The zero-order valence-electron chi connectivity index (χ0n) is 13.3. The zero-order chi connectivity index (χ0) is 19.1. The van der Waals surface area contributed by atoms with E-state index in [2.05, 4.69) is 0 Å². The van der Waals surface area contributed by atoms with Crippen LogP contribution in [0.4, 0.5) is 35.1 Å². The molecule has 0 heterocycles. The topological polar surface area (TPSA) is 20.2 Å². The molecule has 0 spiro atoms. The van der Waals surface area contributed by atoms with Crippen LogP contribution >= 0.6 is 0 Å². The molecular weight excluding hydrogens is 348 g/mol. The van der Waals surface area contributed by atoms with Gasteiger partial charge in [-0.3, -0.25) is 0 Å². The highest BCUT2D eigenvalue weighted by Gasteiger charge is 2.79. The van der Waals surface area contributed by atoms with Crippen LogP contribution in [0, 0.1) is 0 Å². The Morgan fingerprint density at radius 2 is 1.17 bits per heavy atom. The maximum absolute atomic E-state index is 13.5. The lowest BCUT2D eigenvalue weighted by Crippen LogP contribution is -2.62. The van der Waals surface area contributed by atoms with Gasteiger partial charge in [0.25, 0.3) is 0 Å². The van der Waals surface area contributed by atoms with Crippen LogP contribution in [0.25, 0.3) is 0 Å². The van der Waals surface area contributed by atoms with Crippen molar-refractivity contribution >= 4 is 0 Å². The highest BCUT2D eigenvalue weighted by molar-refractivity contribution is 5.03. The first-order chi connectivity index (χ1) is 10.9. The number of rotatable bonds is 12. The Bertz CT molecular complexity index is 393. The largest absolute Gasteiger partial charge is 0.396 e. The lowest BCUT2D eigenvalue weighted by molar-refractivity contribution is -0.368. The van der Waals surface area contributed by atoms with Gasteiger partial charge in [-0.05, 0) is 32.6 Å². The summed E-state index contributed by atoms with van der Waals surface area (Å²) in [4.78, 5) is 0. The average Bonchev–Trinajstić information content (AvgIpc) is 2.47. The lowest BCUT2D eigenvalue weighted by atomic mass is 9.92. The fourth-order valence-corrected chi connectivity index (χ4v) is 2.02. The van der Waals surface area contributed by atoms with Crippen LogP contribution in [-0.4, -0.2) is 35.4 Å². The summed E-state index contributed by atoms with van der Waals surface area (Å²) in [5.74, 6) is -22.9. The number of aliphatic hydroxyl groups is 1. The second-order valence-electron chi connectivity index (χ2n) is 5.55. The number of hydrogen-bond acceptors (Lipinski definition) is 1. The third-order valence-electron chi connectivity index (χ3n) is 3.56. The highest BCUT2D eigenvalue weighted by Crippen LogP contribution is 2.55. The molecule has 9 heteroatoms. The van der Waals surface area contributed by atoms with Gasteiger partial charge in [-0.2, -0.15) is 35.1 Å². The summed E-state index contributed by atoms with van der Waals surface area (Å²) < 4.78 is 108. The van der Waals surface area contributed by atoms with E-state index >= 15 is 0 Å². The first-order valence-corrected chi connectivity index (χ1v) is 7.60. The Hall–Kier alpha value is -0.860. The van der Waals surface area contributed by atoms with E-state index in [9.17, 15) is 35.1 Å². The number of hydrogen-bond donors (Lipinski definition) is 1. The molecule has 0 aliphatic rings. The number of allylic oxidation sites excluding steroid dienone is 2. The minimum Gasteiger partial charge on any atom is -0.396 e. The summed E-state index contributed by atoms with van der Waals surface area (Å²) >= 11 is 0. The number of alkyl halides is 8. The van der Waals surface area contributed by atoms with Crippen molar-refractivity contribution in [3.63, 3.8) is 0 Å². The molecule has 0 fully saturated rings. The van der Waals surface area contributed by atoms with Gasteiger partial charge in [0.1, 0.15) is 0 Å². The molecule has 0 aromatic rings. The third-order valence-corrected chi connectivity index (χ3v) is 3.56. The van der Waals surface area contributed by atoms with Crippen molar-refractivity contribution in [1.82, 2.24) is 0 Å². The van der Waals surface area contributed by atoms with Crippen LogP contribution < -0.4 is 0 Å². The molecule has 144 valence electrons. The van der Waals surface area contributed by atoms with Gasteiger partial charge in [0.05, 0.1) is 0 Å². The van der Waals surface area contributed by atoms with E-state index in [0.29, 0.717) is 0 Å². The third kappa shape index (κ3) is 5.32. The highest BCUT2D eigenvalue weighted by atomic mass is 19.4. The van der Waals surface area contributed by atoms with Crippen LogP contribution in [0.2, 0.25) is 0 Å². The summed E-state index contributed by atoms with van der Waals surface area (Å²) in [6.07, 6.45) is -1.70. The van der Waals surface area contributed by atoms with Gasteiger partial charge in [0.2, 0.25) is 0 Å². The van der Waals surface area contributed by atoms with Gasteiger partial charge in [-0.25, -0.2) is 0 Å². The molecule has 0 radical (unpaired) electrons. The van der Waals surface area contributed by atoms with Crippen molar-refractivity contribution in [2.75, 3.05) is 6.61 Å². The Morgan fingerprint density at radius 3 is 1.58 bits per heavy atom. The van der Waals surface area contributed by atoms with Crippen molar-refractivity contribution in [2.24, 2.45) is 0 Å². The molecule has 1 N–H and O–H groups in total. The number of halogens is 8. The molecule has 0 atom stereocenters. The smallest absolute Gasteiger partial charge is 0.378 e. The van der Waals surface area contributed by atoms with Crippen LogP contribution in [0.5, 0.6) is 0 Å². The number of aliphatic hydroxyl groups excluding tert-OH is 1. The molecule has 0 unspecified atom stereocenters. The molecule has 0 rings (SSSR count). The number of unbranched alkanes of at least 4 members (excludes halogenated alkanes) is 3. The van der Waals surface area contributed by atoms with E-state index in [-0.39, 0.29) is 25.9 Å². The molecule has 24 heavy (non-hydrogen) atoms. The maximum atomic E-state index is 13.5. The maximum Gasteiger partial charge on any atom is 0.378 e. The van der Waals surface area contributed by atoms with Crippen molar-refractivity contribution < 1.29 is 40.2 Å². The lowest BCUT2D eigenvalue weighted by Gasteiger charge is -2.37. The summed E-state index contributed by atoms with van der Waals surface area (Å²) in [6.45, 7) is 1.18. The monoisotopic (exact) mass is 370 g/mol. The molecule has 0 aromatic carbocycles. The minimum absolute atomic E-state index is 0.0269. The van der Waals surface area contributed by atoms with Gasteiger partial charge in [0, 0.05) is 19.4 Å². The summed E-state index contributed by atoms with van der Waals surface area (Å²) in [6, 6.07) is 0. The van der Waals surface area contributed by atoms with E-state index in [1.54, 1.807) is 6.92 Å². The zero-order valence-corrected chi connectivity index (χ0v) is 13.3. The fourth-order valence-electron chi connectivity index (χ4n) is 2.02. The first-order valence-electron chi connectivity index (χ1n) is 7.60. The second kappa shape index (κ2) is 9.01. The standard InChI is InChI=1S/C15H22F8O/c1-2-3-4-6-9-12(16,17)14(20,21)15(22,23)13(18,19)10-7-5-8-11-24/h2-3,24H,4-11H2,1H3/b3-2+.